The molecule has 0 amide bonds. The molecule has 0 nitrogen and oxygen atoms in total. The Labute approximate surface area is 475 Å². The van der Waals surface area contributed by atoms with Gasteiger partial charge < -0.3 is 0 Å². The van der Waals surface area contributed by atoms with Gasteiger partial charge in [0.15, 0.2) is 0 Å². The van der Waals surface area contributed by atoms with Crippen LogP contribution in [-0.2, 0) is 16.2 Å². The van der Waals surface area contributed by atoms with Crippen LogP contribution >= 0.6 is 31.9 Å². The van der Waals surface area contributed by atoms with Crippen molar-refractivity contribution in [2.45, 2.75) is 105 Å². The lowest BCUT2D eigenvalue weighted by Gasteiger charge is -2.19. The molecule has 0 unspecified atom stereocenters. The zero-order valence-corrected chi connectivity index (χ0v) is 52.0. The first kappa shape index (κ1) is 57.3. The number of hydrogen-bond acceptors (Lipinski definition) is 0. The standard InChI is InChI=1S/C42H42Si.C18H16Br2Si.C12H14/c1-41(2,3)35-25-19-31(20-26-35)23-29-37-39(33-15-11-9-12-16-33)40(34-17-13-10-14-18-34)38(43(37,7)8)30-24-32-21-27-36(28-22-32)42(4,5)6;1-21(2)17(19)15(13-9-5-3-6-10-13)16(18(21)20)14-11-7-4-8-12-14;1-5-10-6-8-11(9-7-10)12(2,3)4/h9-22,25-28H,1-8H3;3-12H,1-2H3;1,6-9H,2-4H3. The van der Waals surface area contributed by atoms with Crippen LogP contribution in [0, 0.1) is 36.0 Å². The monoisotopic (exact) mass is 1150 g/mol. The molecule has 0 aromatic heterocycles. The summed E-state index contributed by atoms with van der Waals surface area (Å²) in [5.74, 6) is 17.2. The second kappa shape index (κ2) is 23.9. The van der Waals surface area contributed by atoms with Crippen molar-refractivity contribution in [1.82, 2.24) is 0 Å². The average Bonchev–Trinajstić information content (AvgIpc) is 3.75. The molecule has 0 fully saturated rings. The fraction of sp³-hybridized carbons (Fsp3) is 0.222. The highest BCUT2D eigenvalue weighted by molar-refractivity contribution is 9.14. The third-order valence-corrected chi connectivity index (χ3v) is 26.8. The van der Waals surface area contributed by atoms with Gasteiger partial charge in [-0.1, -0.05) is 308 Å². The number of benzene rings is 7. The van der Waals surface area contributed by atoms with Crippen molar-refractivity contribution in [3.8, 4) is 36.0 Å². The lowest BCUT2D eigenvalue weighted by molar-refractivity contribution is 0.590. The Morgan fingerprint density at radius 2 is 0.566 bits per heavy atom. The summed E-state index contributed by atoms with van der Waals surface area (Å²) in [5.41, 5.74) is 17.5. The van der Waals surface area contributed by atoms with Crippen molar-refractivity contribution >= 4 is 70.3 Å². The van der Waals surface area contributed by atoms with E-state index in [1.165, 1.54) is 79.8 Å². The molecular formula is C72H72Br2Si2. The maximum atomic E-state index is 5.26. The molecule has 4 heteroatoms. The van der Waals surface area contributed by atoms with Crippen LogP contribution in [0.4, 0.5) is 0 Å². The Morgan fingerprint density at radius 1 is 0.316 bits per heavy atom. The van der Waals surface area contributed by atoms with Gasteiger partial charge in [0.25, 0.3) is 0 Å². The smallest absolute Gasteiger partial charge is 0.115 e. The van der Waals surface area contributed by atoms with Crippen molar-refractivity contribution in [3.05, 3.63) is 268 Å². The van der Waals surface area contributed by atoms with Gasteiger partial charge in [0.2, 0.25) is 0 Å². The largest absolute Gasteiger partial charge is 0.135 e. The lowest BCUT2D eigenvalue weighted by atomic mass is 9.87. The molecule has 382 valence electrons. The summed E-state index contributed by atoms with van der Waals surface area (Å²) in [6, 6.07) is 68.4. The first-order chi connectivity index (χ1) is 35.9. The maximum absolute atomic E-state index is 5.26. The van der Waals surface area contributed by atoms with Crippen molar-refractivity contribution in [2.24, 2.45) is 0 Å². The predicted molar refractivity (Wildman–Crippen MR) is 343 cm³/mol. The molecule has 0 spiro atoms. The first-order valence-corrected chi connectivity index (χ1v) is 33.9. The minimum absolute atomic E-state index is 0.116. The van der Waals surface area contributed by atoms with E-state index in [1.807, 2.05) is 12.1 Å². The van der Waals surface area contributed by atoms with E-state index in [1.54, 1.807) is 0 Å². The van der Waals surface area contributed by atoms with E-state index >= 15 is 0 Å². The zero-order chi connectivity index (χ0) is 55.1. The van der Waals surface area contributed by atoms with Crippen molar-refractivity contribution in [1.29, 1.82) is 0 Å². The van der Waals surface area contributed by atoms with Crippen LogP contribution in [0.15, 0.2) is 213 Å². The van der Waals surface area contributed by atoms with Gasteiger partial charge in [-0.3, -0.25) is 0 Å². The summed E-state index contributed by atoms with van der Waals surface area (Å²) in [6.45, 7) is 29.6. The van der Waals surface area contributed by atoms with E-state index in [-0.39, 0.29) is 16.2 Å². The van der Waals surface area contributed by atoms with Gasteiger partial charge in [-0.25, -0.2) is 0 Å². The Balaban J connectivity index is 0.000000208. The van der Waals surface area contributed by atoms with Crippen LogP contribution in [0.2, 0.25) is 26.2 Å². The first-order valence-electron chi connectivity index (χ1n) is 26.3. The summed E-state index contributed by atoms with van der Waals surface area (Å²) >= 11 is 7.82. The number of hydrogen-bond donors (Lipinski definition) is 0. The van der Waals surface area contributed by atoms with E-state index in [0.717, 1.165) is 16.7 Å². The topological polar surface area (TPSA) is 0 Å². The van der Waals surface area contributed by atoms with E-state index < -0.39 is 16.1 Å². The highest BCUT2D eigenvalue weighted by atomic mass is 79.9. The maximum Gasteiger partial charge on any atom is 0.135 e. The lowest BCUT2D eigenvalue weighted by Crippen LogP contribution is -2.29. The van der Waals surface area contributed by atoms with E-state index in [0.29, 0.717) is 0 Å². The summed E-state index contributed by atoms with van der Waals surface area (Å²) in [6.07, 6.45) is 5.26. The molecule has 9 rings (SSSR count). The molecule has 76 heavy (non-hydrogen) atoms. The second-order valence-electron chi connectivity index (χ2n) is 23.7. The van der Waals surface area contributed by atoms with E-state index in [2.05, 4.69) is 332 Å². The summed E-state index contributed by atoms with van der Waals surface area (Å²) in [5, 5.41) is 2.48. The molecule has 0 N–H and O–H groups in total. The molecule has 0 saturated carbocycles. The number of halogens is 2. The van der Waals surface area contributed by atoms with Gasteiger partial charge >= 0.3 is 0 Å². The van der Waals surface area contributed by atoms with Gasteiger partial charge in [0.1, 0.15) is 16.1 Å². The van der Waals surface area contributed by atoms with Crippen LogP contribution in [0.25, 0.3) is 22.3 Å². The van der Waals surface area contributed by atoms with Gasteiger partial charge in [0.05, 0.1) is 0 Å². The quantitative estimate of drug-likeness (QED) is 0.122. The van der Waals surface area contributed by atoms with Crippen LogP contribution in [0.5, 0.6) is 0 Å². The Kier molecular flexibility index (Phi) is 18.0. The van der Waals surface area contributed by atoms with E-state index in [4.69, 9.17) is 6.42 Å². The van der Waals surface area contributed by atoms with Gasteiger partial charge in [-0.05, 0) is 122 Å². The minimum Gasteiger partial charge on any atom is -0.115 e. The molecule has 7 aromatic rings. The van der Waals surface area contributed by atoms with Crippen molar-refractivity contribution in [2.75, 3.05) is 0 Å². The van der Waals surface area contributed by atoms with Crippen LogP contribution in [0.1, 0.15) is 118 Å². The third-order valence-electron chi connectivity index (χ3n) is 14.1. The average molecular weight is 1150 g/mol. The fourth-order valence-corrected chi connectivity index (χ4v) is 17.0. The van der Waals surface area contributed by atoms with Gasteiger partial charge in [0, 0.05) is 27.1 Å². The molecule has 0 bridgehead atoms. The Hall–Kier alpha value is -6.43. The molecule has 0 saturated heterocycles. The van der Waals surface area contributed by atoms with Crippen LogP contribution in [0.3, 0.4) is 0 Å². The SMILES string of the molecule is C#Cc1ccc(C(C)(C)C)cc1.CC(C)(C)c1ccc(C#CC2=C(c3ccccc3)C(c3ccccc3)=C(C#Cc3ccc(C(C)(C)C)cc3)[Si]2(C)C)cc1.C[Si]1(C)C(Br)=C(c2ccccc2)C(c2ccccc2)=C1Br. The number of rotatable bonds is 4. The van der Waals surface area contributed by atoms with Crippen LogP contribution < -0.4 is 0 Å². The summed E-state index contributed by atoms with van der Waals surface area (Å²) < 4.78 is 2.74. The Morgan fingerprint density at radius 3 is 0.816 bits per heavy atom. The van der Waals surface area contributed by atoms with Crippen molar-refractivity contribution in [3.63, 3.8) is 0 Å². The molecule has 2 heterocycles. The van der Waals surface area contributed by atoms with Crippen LogP contribution in [-0.4, -0.2) is 16.1 Å². The highest BCUT2D eigenvalue weighted by Gasteiger charge is 2.42. The van der Waals surface area contributed by atoms with Gasteiger partial charge in [-0.15, -0.1) is 6.42 Å². The van der Waals surface area contributed by atoms with Gasteiger partial charge in [-0.2, -0.15) is 0 Å². The molecule has 2 aliphatic rings. The molecule has 0 atom stereocenters. The number of allylic oxidation sites excluding steroid dienone is 6. The fourth-order valence-electron chi connectivity index (χ4n) is 9.36. The highest BCUT2D eigenvalue weighted by Crippen LogP contribution is 2.53. The molecular weight excluding hydrogens is 1080 g/mol. The van der Waals surface area contributed by atoms with Crippen molar-refractivity contribution < 1.29 is 0 Å². The Bertz CT molecular complexity index is 3270. The normalized spacial score (nSPS) is 14.8. The minimum atomic E-state index is -2.27. The molecule has 0 aliphatic carbocycles. The van der Waals surface area contributed by atoms with E-state index in [9.17, 15) is 0 Å². The number of terminal acetylenes is 1. The zero-order valence-electron chi connectivity index (χ0n) is 46.8. The molecule has 0 radical (unpaired) electrons. The third kappa shape index (κ3) is 13.4. The molecule has 7 aromatic carbocycles. The second-order valence-corrected chi connectivity index (χ2v) is 35.3. The summed E-state index contributed by atoms with van der Waals surface area (Å²) in [4.78, 5) is 0. The predicted octanol–water partition coefficient (Wildman–Crippen LogP) is 19.8. The summed E-state index contributed by atoms with van der Waals surface area (Å²) in [7, 11) is -3.91. The molecule has 2 aliphatic heterocycles.